The van der Waals surface area contributed by atoms with Crippen molar-refractivity contribution < 1.29 is 18.1 Å². The third-order valence-corrected chi connectivity index (χ3v) is 5.67. The van der Waals surface area contributed by atoms with Crippen LogP contribution in [0.15, 0.2) is 53.4 Å². The zero-order valence-electron chi connectivity index (χ0n) is 16.6. The summed E-state index contributed by atoms with van der Waals surface area (Å²) in [5.41, 5.74) is 0.354. The number of sulfonamides is 1. The highest BCUT2D eigenvalue weighted by molar-refractivity contribution is 7.92. The second kappa shape index (κ2) is 9.51. The van der Waals surface area contributed by atoms with Crippen molar-refractivity contribution >= 4 is 27.3 Å². The molecule has 156 valence electrons. The van der Waals surface area contributed by atoms with Crippen LogP contribution in [-0.4, -0.2) is 25.3 Å². The third kappa shape index (κ3) is 6.56. The van der Waals surface area contributed by atoms with Crippen molar-refractivity contribution in [1.29, 1.82) is 0 Å². The second-order valence-electron chi connectivity index (χ2n) is 7.28. The molecule has 0 saturated carbocycles. The molecule has 8 nitrogen and oxygen atoms in total. The van der Waals surface area contributed by atoms with Gasteiger partial charge in [-0.15, -0.1) is 0 Å². The number of rotatable bonds is 9. The lowest BCUT2D eigenvalue weighted by Gasteiger charge is -2.15. The van der Waals surface area contributed by atoms with Crippen LogP contribution in [0.1, 0.15) is 44.0 Å². The van der Waals surface area contributed by atoms with E-state index >= 15 is 0 Å². The van der Waals surface area contributed by atoms with Gasteiger partial charge in [-0.1, -0.05) is 19.9 Å². The van der Waals surface area contributed by atoms with Gasteiger partial charge < -0.3 is 5.32 Å². The standard InChI is InChI=1S/C20H25N3O5S/c1-14(2)7-8-15(3)21-20(24)16-9-11-17(12-10-16)22-29(27,28)19-6-4-5-18(13-19)23(25)26/h4-6,9-15,22H,7-8H2,1-3H3,(H,21,24). The molecule has 2 rings (SSSR count). The van der Waals surface area contributed by atoms with Crippen molar-refractivity contribution in [2.45, 2.75) is 44.6 Å². The van der Waals surface area contributed by atoms with Gasteiger partial charge in [-0.3, -0.25) is 19.6 Å². The molecule has 0 aliphatic rings. The van der Waals surface area contributed by atoms with E-state index in [-0.39, 0.29) is 28.2 Å². The Morgan fingerprint density at radius 1 is 1.07 bits per heavy atom. The summed E-state index contributed by atoms with van der Waals surface area (Å²) in [6.45, 7) is 6.20. The number of nitro groups is 1. The normalized spacial score (nSPS) is 12.4. The number of carbonyl (C=O) groups is 1. The van der Waals surface area contributed by atoms with Crippen molar-refractivity contribution in [2.75, 3.05) is 4.72 Å². The molecule has 0 radical (unpaired) electrons. The maximum Gasteiger partial charge on any atom is 0.270 e. The lowest BCUT2D eigenvalue weighted by atomic mass is 10.0. The summed E-state index contributed by atoms with van der Waals surface area (Å²) in [5, 5.41) is 13.8. The highest BCUT2D eigenvalue weighted by atomic mass is 32.2. The van der Waals surface area contributed by atoms with Gasteiger partial charge >= 0.3 is 0 Å². The first kappa shape index (κ1) is 22.4. The van der Waals surface area contributed by atoms with Crippen molar-refractivity contribution in [2.24, 2.45) is 5.92 Å². The zero-order valence-corrected chi connectivity index (χ0v) is 17.4. The van der Waals surface area contributed by atoms with E-state index < -0.39 is 14.9 Å². The van der Waals surface area contributed by atoms with Crippen LogP contribution in [0.5, 0.6) is 0 Å². The number of nitrogens with zero attached hydrogens (tertiary/aromatic N) is 1. The molecule has 0 aliphatic heterocycles. The van der Waals surface area contributed by atoms with Gasteiger partial charge in [0.05, 0.1) is 9.82 Å². The van der Waals surface area contributed by atoms with Crippen LogP contribution < -0.4 is 10.0 Å². The first-order valence-electron chi connectivity index (χ1n) is 9.26. The fourth-order valence-corrected chi connectivity index (χ4v) is 3.73. The lowest BCUT2D eigenvalue weighted by molar-refractivity contribution is -0.385. The Morgan fingerprint density at radius 2 is 1.72 bits per heavy atom. The van der Waals surface area contributed by atoms with Crippen LogP contribution in [0.25, 0.3) is 0 Å². The lowest BCUT2D eigenvalue weighted by Crippen LogP contribution is -2.32. The number of benzene rings is 2. The molecule has 2 aromatic rings. The smallest absolute Gasteiger partial charge is 0.270 e. The molecule has 0 bridgehead atoms. The van der Waals surface area contributed by atoms with Gasteiger partial charge in [-0.2, -0.15) is 0 Å². The summed E-state index contributed by atoms with van der Waals surface area (Å²) in [6, 6.07) is 10.8. The molecule has 1 unspecified atom stereocenters. The van der Waals surface area contributed by atoms with Crippen LogP contribution in [0, 0.1) is 16.0 Å². The average molecular weight is 420 g/mol. The molecular formula is C20H25N3O5S. The van der Waals surface area contributed by atoms with Crippen molar-refractivity contribution in [1.82, 2.24) is 5.32 Å². The summed E-state index contributed by atoms with van der Waals surface area (Å²) in [7, 11) is -3.99. The first-order valence-corrected chi connectivity index (χ1v) is 10.7. The third-order valence-electron chi connectivity index (χ3n) is 4.29. The van der Waals surface area contributed by atoms with E-state index in [2.05, 4.69) is 23.9 Å². The Morgan fingerprint density at radius 3 is 2.31 bits per heavy atom. The molecular weight excluding hydrogens is 394 g/mol. The fraction of sp³-hybridized carbons (Fsp3) is 0.350. The number of nitrogens with one attached hydrogen (secondary N) is 2. The molecule has 1 atom stereocenters. The van der Waals surface area contributed by atoms with Crippen molar-refractivity contribution in [3.8, 4) is 0 Å². The minimum absolute atomic E-state index is 0.0388. The second-order valence-corrected chi connectivity index (χ2v) is 8.97. The quantitative estimate of drug-likeness (QED) is 0.471. The molecule has 0 heterocycles. The van der Waals surface area contributed by atoms with Crippen LogP contribution in [-0.2, 0) is 10.0 Å². The molecule has 0 aliphatic carbocycles. The number of nitro benzene ring substituents is 1. The Balaban J connectivity index is 2.05. The minimum Gasteiger partial charge on any atom is -0.350 e. The van der Waals surface area contributed by atoms with E-state index in [4.69, 9.17) is 0 Å². The van der Waals surface area contributed by atoms with Gasteiger partial charge in [0, 0.05) is 29.4 Å². The monoisotopic (exact) mass is 419 g/mol. The molecule has 2 N–H and O–H groups in total. The number of non-ortho nitro benzene ring substituents is 1. The summed E-state index contributed by atoms with van der Waals surface area (Å²) in [5.74, 6) is 0.335. The van der Waals surface area contributed by atoms with Crippen molar-refractivity contribution in [3.63, 3.8) is 0 Å². The van der Waals surface area contributed by atoms with Gasteiger partial charge in [-0.25, -0.2) is 8.42 Å². The Bertz CT molecular complexity index is 972. The number of anilines is 1. The van der Waals surface area contributed by atoms with E-state index in [1.807, 2.05) is 6.92 Å². The fourth-order valence-electron chi connectivity index (χ4n) is 2.63. The maximum absolute atomic E-state index is 12.5. The summed E-state index contributed by atoms with van der Waals surface area (Å²) in [4.78, 5) is 22.3. The summed E-state index contributed by atoms with van der Waals surface area (Å²) in [6.07, 6.45) is 1.89. The molecule has 29 heavy (non-hydrogen) atoms. The zero-order chi connectivity index (χ0) is 21.6. The number of hydrogen-bond donors (Lipinski definition) is 2. The molecule has 9 heteroatoms. The highest BCUT2D eigenvalue weighted by Crippen LogP contribution is 2.21. The molecule has 2 aromatic carbocycles. The molecule has 0 saturated heterocycles. The van der Waals surface area contributed by atoms with Gasteiger partial charge in [-0.05, 0) is 56.0 Å². The Labute approximate surface area is 170 Å². The largest absolute Gasteiger partial charge is 0.350 e. The average Bonchev–Trinajstić information content (AvgIpc) is 2.66. The topological polar surface area (TPSA) is 118 Å². The number of carbonyl (C=O) groups excluding carboxylic acids is 1. The maximum atomic E-state index is 12.5. The van der Waals surface area contributed by atoms with E-state index in [1.54, 1.807) is 0 Å². The van der Waals surface area contributed by atoms with E-state index in [0.29, 0.717) is 11.5 Å². The van der Waals surface area contributed by atoms with Crippen LogP contribution in [0.4, 0.5) is 11.4 Å². The van der Waals surface area contributed by atoms with Gasteiger partial charge in [0.15, 0.2) is 0 Å². The minimum atomic E-state index is -3.99. The number of hydrogen-bond acceptors (Lipinski definition) is 5. The molecule has 0 fully saturated rings. The van der Waals surface area contributed by atoms with Gasteiger partial charge in [0.1, 0.15) is 0 Å². The Hall–Kier alpha value is -2.94. The molecule has 0 spiro atoms. The van der Waals surface area contributed by atoms with E-state index in [0.717, 1.165) is 18.9 Å². The molecule has 0 aromatic heterocycles. The van der Waals surface area contributed by atoms with Crippen LogP contribution in [0.2, 0.25) is 0 Å². The van der Waals surface area contributed by atoms with Gasteiger partial charge in [0.25, 0.3) is 21.6 Å². The van der Waals surface area contributed by atoms with Crippen LogP contribution in [0.3, 0.4) is 0 Å². The number of amides is 1. The SMILES string of the molecule is CC(C)CCC(C)NC(=O)c1ccc(NS(=O)(=O)c2cccc([N+](=O)[O-])c2)cc1. The predicted octanol–water partition coefficient (Wildman–Crippen LogP) is 3.95. The predicted molar refractivity (Wildman–Crippen MR) is 111 cm³/mol. The van der Waals surface area contributed by atoms with Gasteiger partial charge in [0.2, 0.25) is 0 Å². The Kier molecular flexibility index (Phi) is 7.33. The first-order chi connectivity index (χ1) is 13.6. The van der Waals surface area contributed by atoms with Crippen molar-refractivity contribution in [3.05, 3.63) is 64.2 Å². The molecule has 1 amide bonds. The van der Waals surface area contributed by atoms with E-state index in [1.165, 1.54) is 42.5 Å². The summed E-state index contributed by atoms with van der Waals surface area (Å²) < 4.78 is 27.3. The summed E-state index contributed by atoms with van der Waals surface area (Å²) >= 11 is 0. The highest BCUT2D eigenvalue weighted by Gasteiger charge is 2.18. The van der Waals surface area contributed by atoms with E-state index in [9.17, 15) is 23.3 Å². The van der Waals surface area contributed by atoms with Crippen LogP contribution >= 0.6 is 0 Å².